The van der Waals surface area contributed by atoms with E-state index in [1.54, 1.807) is 12.3 Å². The second-order valence-corrected chi connectivity index (χ2v) is 2.49. The van der Waals surface area contributed by atoms with Crippen molar-refractivity contribution in [3.8, 4) is 0 Å². The Bertz CT molecular complexity index is 395. The number of hydrogen-bond acceptors (Lipinski definition) is 3. The maximum atomic E-state index is 8.76. The van der Waals surface area contributed by atoms with Crippen molar-refractivity contribution in [2.24, 2.45) is 0 Å². The van der Waals surface area contributed by atoms with E-state index in [1.165, 1.54) is 0 Å². The Hall–Kier alpha value is -1.61. The van der Waals surface area contributed by atoms with Gasteiger partial charge in [0.05, 0.1) is 11.2 Å². The molecular weight excluding hydrogens is 152 g/mol. The van der Waals surface area contributed by atoms with Gasteiger partial charge in [0, 0.05) is 11.6 Å². The molecule has 1 heterocycles. The van der Waals surface area contributed by atoms with E-state index in [2.05, 4.69) is 10.5 Å². The fraction of sp³-hybridized carbons (Fsp3) is 0. The lowest BCUT2D eigenvalue weighted by Crippen LogP contribution is -1.90. The number of pyridine rings is 1. The molecule has 2 aromatic rings. The SMILES string of the molecule is ONc1cccc2ncccc12. The first kappa shape index (κ1) is 7.06. The summed E-state index contributed by atoms with van der Waals surface area (Å²) < 4.78 is 0. The lowest BCUT2D eigenvalue weighted by atomic mass is 10.2. The Balaban J connectivity index is 2.79. The molecular formula is C9H8N2O. The standard InChI is InChI=1S/C9H8N2O/c12-11-9-5-1-4-8-7(9)3-2-6-10-8/h1-6,11-12H. The van der Waals surface area contributed by atoms with E-state index in [9.17, 15) is 0 Å². The molecule has 0 aliphatic heterocycles. The van der Waals surface area contributed by atoms with Crippen molar-refractivity contribution < 1.29 is 5.21 Å². The van der Waals surface area contributed by atoms with Crippen LogP contribution in [-0.4, -0.2) is 10.2 Å². The van der Waals surface area contributed by atoms with Gasteiger partial charge in [-0.05, 0) is 24.3 Å². The summed E-state index contributed by atoms with van der Waals surface area (Å²) in [5.41, 5.74) is 3.68. The van der Waals surface area contributed by atoms with Gasteiger partial charge in [-0.3, -0.25) is 15.7 Å². The fourth-order valence-corrected chi connectivity index (χ4v) is 1.20. The van der Waals surface area contributed by atoms with Gasteiger partial charge in [0.2, 0.25) is 0 Å². The molecule has 0 radical (unpaired) electrons. The molecule has 0 unspecified atom stereocenters. The van der Waals surface area contributed by atoms with Crippen molar-refractivity contribution in [2.75, 3.05) is 5.48 Å². The molecule has 0 saturated carbocycles. The molecule has 0 amide bonds. The molecule has 0 fully saturated rings. The molecule has 12 heavy (non-hydrogen) atoms. The van der Waals surface area contributed by atoms with Crippen molar-refractivity contribution in [1.29, 1.82) is 0 Å². The number of aromatic nitrogens is 1. The van der Waals surface area contributed by atoms with Crippen molar-refractivity contribution >= 4 is 16.6 Å². The quantitative estimate of drug-likeness (QED) is 0.627. The Morgan fingerprint density at radius 3 is 2.92 bits per heavy atom. The molecule has 0 aliphatic carbocycles. The third-order valence-electron chi connectivity index (χ3n) is 1.77. The molecule has 0 aliphatic rings. The van der Waals surface area contributed by atoms with Crippen molar-refractivity contribution in [1.82, 2.24) is 4.98 Å². The molecule has 0 spiro atoms. The summed E-state index contributed by atoms with van der Waals surface area (Å²) in [5, 5.41) is 9.68. The molecule has 2 rings (SSSR count). The molecule has 3 heteroatoms. The number of benzene rings is 1. The molecule has 0 bridgehead atoms. The number of hydrogen-bond donors (Lipinski definition) is 2. The Morgan fingerprint density at radius 2 is 2.08 bits per heavy atom. The summed E-state index contributed by atoms with van der Waals surface area (Å²) in [5.74, 6) is 0. The topological polar surface area (TPSA) is 45.1 Å². The van der Waals surface area contributed by atoms with E-state index in [0.29, 0.717) is 5.69 Å². The van der Waals surface area contributed by atoms with Crippen LogP contribution in [0.15, 0.2) is 36.5 Å². The van der Waals surface area contributed by atoms with Gasteiger partial charge >= 0.3 is 0 Å². The van der Waals surface area contributed by atoms with Crippen LogP contribution >= 0.6 is 0 Å². The number of nitrogens with one attached hydrogen (secondary N) is 1. The van der Waals surface area contributed by atoms with Gasteiger partial charge in [-0.1, -0.05) is 6.07 Å². The maximum absolute atomic E-state index is 8.76. The highest BCUT2D eigenvalue weighted by atomic mass is 16.5. The summed E-state index contributed by atoms with van der Waals surface area (Å²) in [6.45, 7) is 0. The zero-order valence-electron chi connectivity index (χ0n) is 6.36. The van der Waals surface area contributed by atoms with Crippen LogP contribution < -0.4 is 5.48 Å². The second-order valence-electron chi connectivity index (χ2n) is 2.49. The third-order valence-corrected chi connectivity index (χ3v) is 1.77. The average Bonchev–Trinajstić information content (AvgIpc) is 2.17. The predicted octanol–water partition coefficient (Wildman–Crippen LogP) is 2.04. The predicted molar refractivity (Wildman–Crippen MR) is 47.2 cm³/mol. The van der Waals surface area contributed by atoms with Gasteiger partial charge in [0.15, 0.2) is 0 Å². The van der Waals surface area contributed by atoms with E-state index in [1.807, 2.05) is 24.3 Å². The van der Waals surface area contributed by atoms with Crippen LogP contribution in [0.5, 0.6) is 0 Å². The Morgan fingerprint density at radius 1 is 1.17 bits per heavy atom. The molecule has 2 N–H and O–H groups in total. The van der Waals surface area contributed by atoms with E-state index in [-0.39, 0.29) is 0 Å². The Labute approximate surface area is 69.6 Å². The zero-order valence-corrected chi connectivity index (χ0v) is 6.36. The van der Waals surface area contributed by atoms with Gasteiger partial charge in [0.25, 0.3) is 0 Å². The monoisotopic (exact) mass is 160 g/mol. The van der Waals surface area contributed by atoms with E-state index in [4.69, 9.17) is 5.21 Å². The first-order chi connectivity index (χ1) is 5.92. The van der Waals surface area contributed by atoms with Gasteiger partial charge in [-0.15, -0.1) is 0 Å². The average molecular weight is 160 g/mol. The normalized spacial score (nSPS) is 10.1. The van der Waals surface area contributed by atoms with Crippen LogP contribution in [0, 0.1) is 0 Å². The molecule has 0 atom stereocenters. The van der Waals surface area contributed by atoms with Crippen LogP contribution in [0.1, 0.15) is 0 Å². The van der Waals surface area contributed by atoms with Crippen molar-refractivity contribution in [2.45, 2.75) is 0 Å². The first-order valence-electron chi connectivity index (χ1n) is 3.65. The lowest BCUT2D eigenvalue weighted by Gasteiger charge is -2.02. The molecule has 1 aromatic carbocycles. The number of nitrogens with zero attached hydrogens (tertiary/aromatic N) is 1. The highest BCUT2D eigenvalue weighted by Gasteiger charge is 1.97. The van der Waals surface area contributed by atoms with Crippen molar-refractivity contribution in [3.63, 3.8) is 0 Å². The largest absolute Gasteiger partial charge is 0.291 e. The zero-order chi connectivity index (χ0) is 8.39. The minimum Gasteiger partial charge on any atom is -0.291 e. The number of anilines is 1. The summed E-state index contributed by atoms with van der Waals surface area (Å²) in [4.78, 5) is 4.14. The molecule has 1 aromatic heterocycles. The number of rotatable bonds is 1. The summed E-state index contributed by atoms with van der Waals surface area (Å²) in [6.07, 6.45) is 1.73. The molecule has 3 nitrogen and oxygen atoms in total. The third kappa shape index (κ3) is 1.00. The van der Waals surface area contributed by atoms with E-state index in [0.717, 1.165) is 10.9 Å². The lowest BCUT2D eigenvalue weighted by molar-refractivity contribution is 0.390. The highest BCUT2D eigenvalue weighted by molar-refractivity contribution is 5.90. The van der Waals surface area contributed by atoms with Gasteiger partial charge in [-0.2, -0.15) is 0 Å². The maximum Gasteiger partial charge on any atom is 0.0723 e. The fourth-order valence-electron chi connectivity index (χ4n) is 1.20. The van der Waals surface area contributed by atoms with E-state index >= 15 is 0 Å². The van der Waals surface area contributed by atoms with Crippen LogP contribution in [-0.2, 0) is 0 Å². The Kier molecular flexibility index (Phi) is 1.64. The molecule has 60 valence electrons. The van der Waals surface area contributed by atoms with E-state index < -0.39 is 0 Å². The smallest absolute Gasteiger partial charge is 0.0723 e. The summed E-state index contributed by atoms with van der Waals surface area (Å²) in [7, 11) is 0. The molecule has 0 saturated heterocycles. The summed E-state index contributed by atoms with van der Waals surface area (Å²) in [6, 6.07) is 9.28. The van der Waals surface area contributed by atoms with Gasteiger partial charge in [-0.25, -0.2) is 0 Å². The second kappa shape index (κ2) is 2.79. The van der Waals surface area contributed by atoms with Gasteiger partial charge in [0.1, 0.15) is 0 Å². The van der Waals surface area contributed by atoms with Crippen LogP contribution in [0.25, 0.3) is 10.9 Å². The summed E-state index contributed by atoms with van der Waals surface area (Å²) >= 11 is 0. The van der Waals surface area contributed by atoms with Crippen molar-refractivity contribution in [3.05, 3.63) is 36.5 Å². The van der Waals surface area contributed by atoms with Gasteiger partial charge < -0.3 is 0 Å². The van der Waals surface area contributed by atoms with Crippen LogP contribution in [0.4, 0.5) is 5.69 Å². The number of fused-ring (bicyclic) bond motifs is 1. The minimum atomic E-state index is 0.681. The van der Waals surface area contributed by atoms with Crippen LogP contribution in [0.2, 0.25) is 0 Å². The van der Waals surface area contributed by atoms with Crippen LogP contribution in [0.3, 0.4) is 0 Å². The first-order valence-corrected chi connectivity index (χ1v) is 3.65. The highest BCUT2D eigenvalue weighted by Crippen LogP contribution is 2.19. The minimum absolute atomic E-state index is 0.681.